The molecule has 20 heavy (non-hydrogen) atoms. The zero-order chi connectivity index (χ0) is 13.2. The summed E-state index contributed by atoms with van der Waals surface area (Å²) in [5.41, 5.74) is 1.82. The predicted molar refractivity (Wildman–Crippen MR) is 81.1 cm³/mol. The van der Waals surface area contributed by atoms with Crippen LogP contribution in [0.4, 0.5) is 0 Å². The molecule has 1 aromatic heterocycles. The van der Waals surface area contributed by atoms with Crippen molar-refractivity contribution in [1.82, 2.24) is 20.4 Å². The molecule has 1 atom stereocenters. The number of H-pyrrole nitrogens is 1. The Labute approximate surface area is 124 Å². The first kappa shape index (κ1) is 14.8. The number of hydrogen-bond acceptors (Lipinski definition) is 3. The average Bonchev–Trinajstić information content (AvgIpc) is 2.83. The number of fused-ring (bicyclic) bond motifs is 1. The van der Waals surface area contributed by atoms with Crippen LogP contribution in [0.5, 0.6) is 0 Å². The monoisotopic (exact) mass is 294 g/mol. The molecule has 3 rings (SSSR count). The summed E-state index contributed by atoms with van der Waals surface area (Å²) in [7, 11) is 0. The lowest BCUT2D eigenvalue weighted by molar-refractivity contribution is -0.133. The lowest BCUT2D eigenvalue weighted by Gasteiger charge is -2.34. The van der Waals surface area contributed by atoms with E-state index < -0.39 is 0 Å². The third-order valence-corrected chi connectivity index (χ3v) is 3.69. The van der Waals surface area contributed by atoms with Gasteiger partial charge in [0.2, 0.25) is 5.91 Å². The third kappa shape index (κ3) is 2.78. The number of hydrogen-bond donors (Lipinski definition) is 2. The first-order valence-electron chi connectivity index (χ1n) is 6.68. The smallest absolute Gasteiger partial charge is 0.228 e. The Morgan fingerprint density at radius 3 is 3.05 bits per heavy atom. The lowest BCUT2D eigenvalue weighted by atomic mass is 10.1. The average molecular weight is 295 g/mol. The molecule has 1 amide bonds. The van der Waals surface area contributed by atoms with Crippen molar-refractivity contribution in [2.45, 2.75) is 19.4 Å². The van der Waals surface area contributed by atoms with E-state index in [-0.39, 0.29) is 24.4 Å². The van der Waals surface area contributed by atoms with Crippen LogP contribution in [0.1, 0.15) is 12.6 Å². The zero-order valence-electron chi connectivity index (χ0n) is 11.4. The van der Waals surface area contributed by atoms with E-state index in [1.807, 2.05) is 29.2 Å². The summed E-state index contributed by atoms with van der Waals surface area (Å²) < 4.78 is 0. The van der Waals surface area contributed by atoms with Crippen LogP contribution in [-0.2, 0) is 11.2 Å². The topological polar surface area (TPSA) is 61.0 Å². The third-order valence-electron chi connectivity index (χ3n) is 3.69. The van der Waals surface area contributed by atoms with Crippen LogP contribution in [0.2, 0.25) is 0 Å². The van der Waals surface area contributed by atoms with Gasteiger partial charge in [-0.2, -0.15) is 5.10 Å². The van der Waals surface area contributed by atoms with Gasteiger partial charge in [0, 0.05) is 31.1 Å². The Kier molecular flexibility index (Phi) is 4.62. The van der Waals surface area contributed by atoms with Gasteiger partial charge in [0.1, 0.15) is 0 Å². The van der Waals surface area contributed by atoms with Gasteiger partial charge < -0.3 is 10.2 Å². The zero-order valence-corrected chi connectivity index (χ0v) is 12.2. The van der Waals surface area contributed by atoms with Gasteiger partial charge in [0.05, 0.1) is 17.6 Å². The molecule has 1 aliphatic rings. The molecule has 2 aromatic rings. The first-order chi connectivity index (χ1) is 9.25. The number of carbonyl (C=O) groups excluding carboxylic acids is 1. The van der Waals surface area contributed by atoms with E-state index in [0.29, 0.717) is 6.42 Å². The molecule has 0 aliphatic carbocycles. The van der Waals surface area contributed by atoms with Crippen LogP contribution in [0, 0.1) is 0 Å². The largest absolute Gasteiger partial charge is 0.337 e. The normalized spacial score (nSPS) is 18.9. The van der Waals surface area contributed by atoms with Crippen LogP contribution < -0.4 is 5.32 Å². The highest BCUT2D eigenvalue weighted by Gasteiger charge is 2.23. The number of aromatic amines is 1. The van der Waals surface area contributed by atoms with Gasteiger partial charge in [-0.05, 0) is 13.0 Å². The number of rotatable bonds is 2. The van der Waals surface area contributed by atoms with E-state index in [1.54, 1.807) is 0 Å². The van der Waals surface area contributed by atoms with Crippen molar-refractivity contribution in [3.63, 3.8) is 0 Å². The van der Waals surface area contributed by atoms with Gasteiger partial charge >= 0.3 is 0 Å². The fraction of sp³-hybridized carbons (Fsp3) is 0.429. The summed E-state index contributed by atoms with van der Waals surface area (Å²) in [5, 5.41) is 11.5. The molecule has 5 nitrogen and oxygen atoms in total. The number of halogens is 1. The number of amides is 1. The maximum Gasteiger partial charge on any atom is 0.228 e. The van der Waals surface area contributed by atoms with Crippen LogP contribution in [-0.4, -0.2) is 46.7 Å². The molecule has 1 aliphatic heterocycles. The minimum Gasteiger partial charge on any atom is -0.337 e. The minimum absolute atomic E-state index is 0. The van der Waals surface area contributed by atoms with E-state index >= 15 is 0 Å². The van der Waals surface area contributed by atoms with E-state index in [0.717, 1.165) is 36.2 Å². The van der Waals surface area contributed by atoms with Crippen LogP contribution >= 0.6 is 12.4 Å². The summed E-state index contributed by atoms with van der Waals surface area (Å²) in [5.74, 6) is 0.170. The number of benzene rings is 1. The molecule has 2 heterocycles. The van der Waals surface area contributed by atoms with Gasteiger partial charge in [-0.25, -0.2) is 0 Å². The summed E-state index contributed by atoms with van der Waals surface area (Å²) in [6.07, 6.45) is 0.394. The molecule has 0 unspecified atom stereocenters. The highest BCUT2D eigenvalue weighted by molar-refractivity contribution is 5.87. The van der Waals surface area contributed by atoms with Crippen molar-refractivity contribution in [2.24, 2.45) is 0 Å². The van der Waals surface area contributed by atoms with Crippen LogP contribution in [0.3, 0.4) is 0 Å². The second-order valence-corrected chi connectivity index (χ2v) is 5.04. The van der Waals surface area contributed by atoms with Crippen molar-refractivity contribution >= 4 is 29.2 Å². The fourth-order valence-electron chi connectivity index (χ4n) is 2.61. The Balaban J connectivity index is 0.00000147. The summed E-state index contributed by atoms with van der Waals surface area (Å²) in [4.78, 5) is 14.3. The Morgan fingerprint density at radius 2 is 2.25 bits per heavy atom. The molecule has 6 heteroatoms. The molecule has 1 aromatic carbocycles. The molecule has 0 spiro atoms. The number of para-hydroxylation sites is 1. The van der Waals surface area contributed by atoms with Crippen LogP contribution in [0.15, 0.2) is 24.3 Å². The molecular weight excluding hydrogens is 276 g/mol. The first-order valence-corrected chi connectivity index (χ1v) is 6.68. The minimum atomic E-state index is 0. The van der Waals surface area contributed by atoms with E-state index in [9.17, 15) is 4.79 Å². The Morgan fingerprint density at radius 1 is 1.45 bits per heavy atom. The van der Waals surface area contributed by atoms with Crippen molar-refractivity contribution in [1.29, 1.82) is 0 Å². The molecule has 0 saturated carbocycles. The quantitative estimate of drug-likeness (QED) is 0.879. The van der Waals surface area contributed by atoms with Gasteiger partial charge in [0.15, 0.2) is 0 Å². The second-order valence-electron chi connectivity index (χ2n) is 5.04. The highest BCUT2D eigenvalue weighted by Crippen LogP contribution is 2.16. The fourth-order valence-corrected chi connectivity index (χ4v) is 2.61. The van der Waals surface area contributed by atoms with Crippen molar-refractivity contribution in [3.8, 4) is 0 Å². The van der Waals surface area contributed by atoms with Gasteiger partial charge in [-0.1, -0.05) is 18.2 Å². The van der Waals surface area contributed by atoms with Crippen molar-refractivity contribution in [2.75, 3.05) is 19.6 Å². The van der Waals surface area contributed by atoms with E-state index in [2.05, 4.69) is 22.4 Å². The molecule has 1 fully saturated rings. The highest BCUT2D eigenvalue weighted by atomic mass is 35.5. The molecule has 108 valence electrons. The van der Waals surface area contributed by atoms with Gasteiger partial charge in [0.25, 0.3) is 0 Å². The molecule has 1 saturated heterocycles. The van der Waals surface area contributed by atoms with Crippen LogP contribution in [0.25, 0.3) is 10.9 Å². The van der Waals surface area contributed by atoms with Gasteiger partial charge in [-0.15, -0.1) is 12.4 Å². The number of carbonyl (C=O) groups is 1. The maximum absolute atomic E-state index is 12.4. The summed E-state index contributed by atoms with van der Waals surface area (Å²) in [6, 6.07) is 8.14. The standard InChI is InChI=1S/C14H18N4O.ClH/c1-10-9-15-6-7-18(10)14(19)8-13-11-4-2-3-5-12(11)16-17-13;/h2-5,10,15H,6-9H2,1H3,(H,16,17);1H/t10-;/m0./s1. The maximum atomic E-state index is 12.4. The molecule has 0 radical (unpaired) electrons. The Bertz CT molecular complexity index is 598. The van der Waals surface area contributed by atoms with Crippen molar-refractivity contribution < 1.29 is 4.79 Å². The van der Waals surface area contributed by atoms with Crippen molar-refractivity contribution in [3.05, 3.63) is 30.0 Å². The second kappa shape index (κ2) is 6.24. The predicted octanol–water partition coefficient (Wildman–Crippen LogP) is 1.35. The molecule has 0 bridgehead atoms. The number of aromatic nitrogens is 2. The Hall–Kier alpha value is -1.59. The van der Waals surface area contributed by atoms with E-state index in [1.165, 1.54) is 0 Å². The molecular formula is C14H19ClN4O. The number of piperazine rings is 1. The number of nitrogens with one attached hydrogen (secondary N) is 2. The van der Waals surface area contributed by atoms with E-state index in [4.69, 9.17) is 0 Å². The number of nitrogens with zero attached hydrogens (tertiary/aromatic N) is 2. The summed E-state index contributed by atoms with van der Waals surface area (Å²) in [6.45, 7) is 4.61. The lowest BCUT2D eigenvalue weighted by Crippen LogP contribution is -2.52. The van der Waals surface area contributed by atoms with Gasteiger partial charge in [-0.3, -0.25) is 9.89 Å². The molecule has 2 N–H and O–H groups in total. The SMILES string of the molecule is C[C@H]1CNCCN1C(=O)Cc1[nH]nc2ccccc12.Cl. The summed E-state index contributed by atoms with van der Waals surface area (Å²) >= 11 is 0.